The second-order valence-electron chi connectivity index (χ2n) is 3.49. The molecule has 0 spiro atoms. The van der Waals surface area contributed by atoms with E-state index in [4.69, 9.17) is 4.42 Å². The van der Waals surface area contributed by atoms with Gasteiger partial charge < -0.3 is 9.73 Å². The van der Waals surface area contributed by atoms with E-state index in [0.717, 1.165) is 12.3 Å². The molecule has 0 saturated heterocycles. The van der Waals surface area contributed by atoms with E-state index in [1.165, 1.54) is 0 Å². The van der Waals surface area contributed by atoms with Gasteiger partial charge in [-0.15, -0.1) is 12.4 Å². The lowest BCUT2D eigenvalue weighted by Gasteiger charge is -2.16. The van der Waals surface area contributed by atoms with Gasteiger partial charge in [0.15, 0.2) is 0 Å². The highest BCUT2D eigenvalue weighted by atomic mass is 35.5. The van der Waals surface area contributed by atoms with Crippen LogP contribution in [0.4, 0.5) is 0 Å². The molecule has 1 heterocycles. The Morgan fingerprint density at radius 3 is 2.54 bits per heavy atom. The molecule has 0 radical (unpaired) electrons. The average molecular weight is 204 g/mol. The van der Waals surface area contributed by atoms with Crippen molar-refractivity contribution < 1.29 is 4.42 Å². The highest BCUT2D eigenvalue weighted by Gasteiger charge is 2.05. The Balaban J connectivity index is 0.00000144. The Morgan fingerprint density at radius 1 is 1.38 bits per heavy atom. The standard InChI is InChI=1S/C10H17NO.ClH/c1-8(2)9(3)11-7-10-5-4-6-12-10;/h4-6,8-9,11H,7H2,1-3H3;1H. The van der Waals surface area contributed by atoms with Crippen molar-refractivity contribution in [3.05, 3.63) is 24.2 Å². The zero-order chi connectivity index (χ0) is 8.97. The molecule has 2 nitrogen and oxygen atoms in total. The number of furan rings is 1. The van der Waals surface area contributed by atoms with Crippen molar-refractivity contribution in [3.8, 4) is 0 Å². The maximum absolute atomic E-state index is 5.20. The summed E-state index contributed by atoms with van der Waals surface area (Å²) in [6.45, 7) is 7.43. The molecule has 0 aromatic carbocycles. The number of nitrogens with one attached hydrogen (secondary N) is 1. The second kappa shape index (κ2) is 6.06. The van der Waals surface area contributed by atoms with Crippen molar-refractivity contribution in [1.29, 1.82) is 0 Å². The molecule has 0 fully saturated rings. The quantitative estimate of drug-likeness (QED) is 0.814. The van der Waals surface area contributed by atoms with Crippen LogP contribution in [0.15, 0.2) is 22.8 Å². The van der Waals surface area contributed by atoms with Gasteiger partial charge in [0.2, 0.25) is 0 Å². The number of hydrogen-bond donors (Lipinski definition) is 1. The van der Waals surface area contributed by atoms with Gasteiger partial charge in [0.25, 0.3) is 0 Å². The molecule has 0 amide bonds. The molecule has 1 aromatic rings. The molecule has 0 aliphatic rings. The monoisotopic (exact) mass is 203 g/mol. The zero-order valence-electron chi connectivity index (χ0n) is 8.41. The van der Waals surface area contributed by atoms with Crippen LogP contribution in [0.2, 0.25) is 0 Å². The molecular formula is C10H18ClNO. The molecule has 3 heteroatoms. The lowest BCUT2D eigenvalue weighted by molar-refractivity contribution is 0.396. The van der Waals surface area contributed by atoms with Crippen molar-refractivity contribution >= 4 is 12.4 Å². The van der Waals surface area contributed by atoms with Gasteiger partial charge in [-0.3, -0.25) is 0 Å². The SMILES string of the molecule is CC(C)C(C)NCc1ccco1.Cl. The Morgan fingerprint density at radius 2 is 2.08 bits per heavy atom. The fourth-order valence-electron chi connectivity index (χ4n) is 0.910. The summed E-state index contributed by atoms with van der Waals surface area (Å²) >= 11 is 0. The van der Waals surface area contributed by atoms with Crippen LogP contribution < -0.4 is 5.32 Å². The number of hydrogen-bond acceptors (Lipinski definition) is 2. The molecule has 1 aromatic heterocycles. The smallest absolute Gasteiger partial charge is 0.117 e. The largest absolute Gasteiger partial charge is 0.468 e. The predicted octanol–water partition coefficient (Wildman–Crippen LogP) is 2.84. The highest BCUT2D eigenvalue weighted by molar-refractivity contribution is 5.85. The molecule has 13 heavy (non-hydrogen) atoms. The van der Waals surface area contributed by atoms with Crippen LogP contribution in [0.25, 0.3) is 0 Å². The van der Waals surface area contributed by atoms with Gasteiger partial charge in [0.05, 0.1) is 12.8 Å². The molecule has 0 aliphatic carbocycles. The van der Waals surface area contributed by atoms with E-state index in [0.29, 0.717) is 12.0 Å². The Bertz CT molecular complexity index is 209. The lowest BCUT2D eigenvalue weighted by Crippen LogP contribution is -2.29. The van der Waals surface area contributed by atoms with Gasteiger partial charge in [0.1, 0.15) is 5.76 Å². The van der Waals surface area contributed by atoms with Crippen LogP contribution >= 0.6 is 12.4 Å². The fraction of sp³-hybridized carbons (Fsp3) is 0.600. The van der Waals surface area contributed by atoms with Crippen LogP contribution in [0.1, 0.15) is 26.5 Å². The molecular weight excluding hydrogens is 186 g/mol. The molecule has 0 saturated carbocycles. The number of halogens is 1. The summed E-state index contributed by atoms with van der Waals surface area (Å²) in [4.78, 5) is 0. The van der Waals surface area contributed by atoms with E-state index >= 15 is 0 Å². The topological polar surface area (TPSA) is 25.2 Å². The first-order chi connectivity index (χ1) is 5.70. The molecule has 1 atom stereocenters. The van der Waals surface area contributed by atoms with Crippen LogP contribution in [0.5, 0.6) is 0 Å². The normalized spacial score (nSPS) is 12.6. The van der Waals surface area contributed by atoms with Crippen LogP contribution in [-0.2, 0) is 6.54 Å². The minimum absolute atomic E-state index is 0. The van der Waals surface area contributed by atoms with E-state index in [1.807, 2.05) is 12.1 Å². The first kappa shape index (κ1) is 12.5. The summed E-state index contributed by atoms with van der Waals surface area (Å²) in [5.41, 5.74) is 0. The van der Waals surface area contributed by atoms with Crippen molar-refractivity contribution in [1.82, 2.24) is 5.32 Å². The van der Waals surface area contributed by atoms with Gasteiger partial charge in [0, 0.05) is 6.04 Å². The van der Waals surface area contributed by atoms with E-state index in [9.17, 15) is 0 Å². The van der Waals surface area contributed by atoms with Crippen molar-refractivity contribution in [2.24, 2.45) is 5.92 Å². The highest BCUT2D eigenvalue weighted by Crippen LogP contribution is 2.03. The minimum Gasteiger partial charge on any atom is -0.468 e. The molecule has 1 rings (SSSR count). The third-order valence-corrected chi connectivity index (χ3v) is 2.18. The molecule has 1 unspecified atom stereocenters. The summed E-state index contributed by atoms with van der Waals surface area (Å²) in [6.07, 6.45) is 1.71. The Hall–Kier alpha value is -0.470. The molecule has 0 aliphatic heterocycles. The average Bonchev–Trinajstić information content (AvgIpc) is 2.51. The summed E-state index contributed by atoms with van der Waals surface area (Å²) in [7, 11) is 0. The third kappa shape index (κ3) is 4.34. The second-order valence-corrected chi connectivity index (χ2v) is 3.49. The van der Waals surface area contributed by atoms with E-state index < -0.39 is 0 Å². The predicted molar refractivity (Wildman–Crippen MR) is 57.1 cm³/mol. The van der Waals surface area contributed by atoms with Gasteiger partial charge in [-0.2, -0.15) is 0 Å². The molecule has 1 N–H and O–H groups in total. The summed E-state index contributed by atoms with van der Waals surface area (Å²) in [6, 6.07) is 4.44. The summed E-state index contributed by atoms with van der Waals surface area (Å²) in [5, 5.41) is 3.39. The summed E-state index contributed by atoms with van der Waals surface area (Å²) in [5.74, 6) is 1.67. The van der Waals surface area contributed by atoms with Crippen molar-refractivity contribution in [2.45, 2.75) is 33.4 Å². The van der Waals surface area contributed by atoms with E-state index in [-0.39, 0.29) is 12.4 Å². The minimum atomic E-state index is 0. The fourth-order valence-corrected chi connectivity index (χ4v) is 0.910. The lowest BCUT2D eigenvalue weighted by atomic mass is 10.1. The Labute approximate surface area is 86.1 Å². The maximum Gasteiger partial charge on any atom is 0.117 e. The van der Waals surface area contributed by atoms with Crippen LogP contribution in [-0.4, -0.2) is 6.04 Å². The zero-order valence-corrected chi connectivity index (χ0v) is 9.23. The van der Waals surface area contributed by atoms with Gasteiger partial charge >= 0.3 is 0 Å². The van der Waals surface area contributed by atoms with Crippen molar-refractivity contribution in [2.75, 3.05) is 0 Å². The van der Waals surface area contributed by atoms with E-state index in [2.05, 4.69) is 26.1 Å². The van der Waals surface area contributed by atoms with Crippen LogP contribution in [0.3, 0.4) is 0 Å². The third-order valence-electron chi connectivity index (χ3n) is 2.18. The number of rotatable bonds is 4. The molecule has 0 bridgehead atoms. The van der Waals surface area contributed by atoms with E-state index in [1.54, 1.807) is 6.26 Å². The van der Waals surface area contributed by atoms with Gasteiger partial charge in [-0.1, -0.05) is 13.8 Å². The summed E-state index contributed by atoms with van der Waals surface area (Å²) < 4.78 is 5.20. The maximum atomic E-state index is 5.20. The van der Waals surface area contributed by atoms with Crippen LogP contribution in [0, 0.1) is 5.92 Å². The van der Waals surface area contributed by atoms with Crippen molar-refractivity contribution in [3.63, 3.8) is 0 Å². The molecule has 76 valence electrons. The van der Waals surface area contributed by atoms with Gasteiger partial charge in [-0.05, 0) is 25.0 Å². The Kier molecular flexibility index (Phi) is 5.84. The first-order valence-electron chi connectivity index (χ1n) is 4.46. The first-order valence-corrected chi connectivity index (χ1v) is 4.46. The van der Waals surface area contributed by atoms with Gasteiger partial charge in [-0.25, -0.2) is 0 Å².